The van der Waals surface area contributed by atoms with Crippen LogP contribution in [-0.4, -0.2) is 18.0 Å². The molecule has 0 atom stereocenters. The third-order valence-corrected chi connectivity index (χ3v) is 1.01. The van der Waals surface area contributed by atoms with Gasteiger partial charge in [-0.3, -0.25) is 4.79 Å². The monoisotopic (exact) mass is 379 g/mol. The minimum absolute atomic E-state index is 0. The van der Waals surface area contributed by atoms with Gasteiger partial charge < -0.3 is 27.5 Å². The number of hydrogen-bond donors (Lipinski definition) is 1. The molecule has 1 N–H and O–H groups in total. The Kier molecular flexibility index (Phi) is 8.16. The van der Waals surface area contributed by atoms with Crippen LogP contribution in [0, 0.1) is 12.8 Å². The average Bonchev–Trinajstić information content (AvgIpc) is 2.03. The molecule has 0 aromatic heterocycles. The van der Waals surface area contributed by atoms with Gasteiger partial charge in [0.25, 0.3) is 0 Å². The zero-order chi connectivity index (χ0) is 11.2. The van der Waals surface area contributed by atoms with Gasteiger partial charge in [-0.15, -0.1) is 0 Å². The van der Waals surface area contributed by atoms with Crippen molar-refractivity contribution in [2.45, 2.75) is 26.4 Å². The van der Waals surface area contributed by atoms with E-state index in [4.69, 9.17) is 11.3 Å². The molecule has 4 nitrogen and oxygen atoms in total. The largest absolute Gasteiger partial charge is 2.00 e. The van der Waals surface area contributed by atoms with E-state index >= 15 is 0 Å². The van der Waals surface area contributed by atoms with Crippen LogP contribution < -0.4 is 5.32 Å². The number of hydrogen-bond acceptors (Lipinski definition) is 3. The van der Waals surface area contributed by atoms with Gasteiger partial charge in [-0.2, -0.15) is 6.20 Å². The summed E-state index contributed by atoms with van der Waals surface area (Å²) in [6, 6.07) is 0. The quantitative estimate of drug-likeness (QED) is 0.265. The predicted octanol–water partition coefficient (Wildman–Crippen LogP) is 1.38. The first-order valence-corrected chi connectivity index (χ1v) is 4.01. The molecule has 0 saturated heterocycles. The van der Waals surface area contributed by atoms with Crippen LogP contribution in [0.4, 0.5) is 4.79 Å². The maximum absolute atomic E-state index is 11.0. The van der Waals surface area contributed by atoms with E-state index in [1.165, 1.54) is 0 Å². The second kappa shape index (κ2) is 7.41. The summed E-state index contributed by atoms with van der Waals surface area (Å²) in [5, 5.41) is 2.15. The number of aldehydes is 1. The Balaban J connectivity index is 0. The molecule has 0 aliphatic rings. The molecular formula is C10H13NO3W. The van der Waals surface area contributed by atoms with Gasteiger partial charge in [0.15, 0.2) is 0 Å². The van der Waals surface area contributed by atoms with Gasteiger partial charge in [-0.05, 0) is 27.1 Å². The van der Waals surface area contributed by atoms with Gasteiger partial charge in [0.2, 0.25) is 0 Å². The van der Waals surface area contributed by atoms with Crippen LogP contribution in [0.15, 0.2) is 11.6 Å². The molecule has 0 aromatic rings. The molecule has 0 heterocycles. The van der Waals surface area contributed by atoms with Crippen LogP contribution in [0.2, 0.25) is 0 Å². The molecule has 0 aliphatic heterocycles. The number of ether oxygens (including phenoxy) is 1. The number of allylic oxidation sites excluding steroid dienone is 2. The van der Waals surface area contributed by atoms with Crippen LogP contribution in [0.5, 0.6) is 0 Å². The number of alkyl carbamates (subject to hydrolysis) is 1. The fourth-order valence-electron chi connectivity index (χ4n) is 0.537. The molecule has 0 radical (unpaired) electrons. The number of amides is 1. The molecule has 0 saturated carbocycles. The minimum Gasteiger partial charge on any atom is -0.487 e. The van der Waals surface area contributed by atoms with E-state index in [2.05, 4.69) is 11.5 Å². The second-order valence-electron chi connectivity index (χ2n) is 3.49. The minimum atomic E-state index is -0.682. The first kappa shape index (κ1) is 16.5. The van der Waals surface area contributed by atoms with E-state index < -0.39 is 11.7 Å². The third kappa shape index (κ3) is 9.41. The molecule has 0 unspecified atom stereocenters. The number of carbonyl (C=O) groups excluding carboxylic acids is 2. The standard InChI is InChI=1S/C10H13NO3.W/c1-5-8(7-12)6-11-9(13)14-10(2,3)4;/h1,5,7H,2-4H3,(H,11,13);/q-2;+2. The van der Waals surface area contributed by atoms with Gasteiger partial charge in [0.1, 0.15) is 0 Å². The smallest absolute Gasteiger partial charge is 0.487 e. The van der Waals surface area contributed by atoms with E-state index in [9.17, 15) is 9.59 Å². The number of rotatable bonds is 3. The van der Waals surface area contributed by atoms with Gasteiger partial charge in [-0.25, -0.2) is 5.57 Å². The molecule has 5 heteroatoms. The van der Waals surface area contributed by atoms with Crippen LogP contribution in [0.1, 0.15) is 20.8 Å². The maximum atomic E-state index is 11.0. The summed E-state index contributed by atoms with van der Waals surface area (Å²) in [7, 11) is 0. The van der Waals surface area contributed by atoms with Crippen LogP contribution in [0.3, 0.4) is 0 Å². The van der Waals surface area contributed by atoms with Crippen molar-refractivity contribution in [2.75, 3.05) is 0 Å². The normalized spacial score (nSPS) is 11.0. The molecule has 0 bridgehead atoms. The van der Waals surface area contributed by atoms with E-state index in [-0.39, 0.29) is 26.6 Å². The third-order valence-electron chi connectivity index (χ3n) is 1.01. The first-order valence-electron chi connectivity index (χ1n) is 4.01. The molecule has 0 spiro atoms. The fraction of sp³-hybridized carbons (Fsp3) is 0.400. The Hall–Kier alpha value is -0.892. The van der Waals surface area contributed by atoms with Gasteiger partial charge >= 0.3 is 27.2 Å². The molecule has 0 fully saturated rings. The van der Waals surface area contributed by atoms with Gasteiger partial charge in [0.05, 0.1) is 5.60 Å². The van der Waals surface area contributed by atoms with Crippen molar-refractivity contribution >= 4 is 12.4 Å². The molecule has 0 aliphatic carbocycles. The zero-order valence-electron chi connectivity index (χ0n) is 8.87. The van der Waals surface area contributed by atoms with E-state index in [0.717, 1.165) is 6.08 Å². The molecule has 1 amide bonds. The van der Waals surface area contributed by atoms with Crippen molar-refractivity contribution in [3.05, 3.63) is 24.4 Å². The van der Waals surface area contributed by atoms with Crippen molar-refractivity contribution in [3.63, 3.8) is 0 Å². The van der Waals surface area contributed by atoms with Gasteiger partial charge in [-0.1, -0.05) is 0 Å². The first-order chi connectivity index (χ1) is 6.39. The van der Waals surface area contributed by atoms with Crippen LogP contribution >= 0.6 is 0 Å². The molecule has 15 heavy (non-hydrogen) atoms. The van der Waals surface area contributed by atoms with E-state index in [0.29, 0.717) is 6.29 Å². The number of carbonyl (C=O) groups is 2. The molecule has 82 valence electrons. The molecule has 0 aromatic carbocycles. The second-order valence-corrected chi connectivity index (χ2v) is 3.49. The predicted molar refractivity (Wildman–Crippen MR) is 51.1 cm³/mol. The SMILES string of the molecule is [CH-]=CC(=[C-]NC(=O)OC(C)(C)C)C=O.[W+2]. The average molecular weight is 379 g/mol. The summed E-state index contributed by atoms with van der Waals surface area (Å²) in [6.07, 6.45) is 3.10. The summed E-state index contributed by atoms with van der Waals surface area (Å²) in [4.78, 5) is 21.2. The summed E-state index contributed by atoms with van der Waals surface area (Å²) in [5.74, 6) is 0. The van der Waals surface area contributed by atoms with Crippen molar-refractivity contribution in [1.82, 2.24) is 5.32 Å². The summed E-state index contributed by atoms with van der Waals surface area (Å²) in [5.41, 5.74) is -0.532. The molecule has 0 rings (SSSR count). The van der Waals surface area contributed by atoms with Gasteiger partial charge in [0, 0.05) is 0 Å². The Morgan fingerprint density at radius 1 is 1.47 bits per heavy atom. The summed E-state index contributed by atoms with van der Waals surface area (Å²) < 4.78 is 4.88. The van der Waals surface area contributed by atoms with Crippen molar-refractivity contribution in [2.24, 2.45) is 0 Å². The van der Waals surface area contributed by atoms with E-state index in [1.807, 2.05) is 0 Å². The van der Waals surface area contributed by atoms with Crippen molar-refractivity contribution in [3.8, 4) is 0 Å². The molecular weight excluding hydrogens is 366 g/mol. The van der Waals surface area contributed by atoms with Crippen LogP contribution in [0.25, 0.3) is 0 Å². The summed E-state index contributed by atoms with van der Waals surface area (Å²) >= 11 is 0. The van der Waals surface area contributed by atoms with Crippen molar-refractivity contribution in [1.29, 1.82) is 0 Å². The summed E-state index contributed by atoms with van der Waals surface area (Å²) in [6.45, 7) is 10.2. The number of nitrogens with one attached hydrogen (secondary N) is 1. The Bertz CT molecular complexity index is 256. The zero-order valence-corrected chi connectivity index (χ0v) is 11.8. The Morgan fingerprint density at radius 2 is 2.00 bits per heavy atom. The maximum Gasteiger partial charge on any atom is 2.00 e. The fourth-order valence-corrected chi connectivity index (χ4v) is 0.537. The van der Waals surface area contributed by atoms with E-state index in [1.54, 1.807) is 20.8 Å². The topological polar surface area (TPSA) is 55.4 Å². The Labute approximate surface area is 104 Å². The Morgan fingerprint density at radius 3 is 2.33 bits per heavy atom. The van der Waals surface area contributed by atoms with Crippen LogP contribution in [-0.2, 0) is 30.6 Å². The van der Waals surface area contributed by atoms with Crippen molar-refractivity contribution < 1.29 is 35.4 Å².